The van der Waals surface area contributed by atoms with Crippen molar-refractivity contribution in [2.24, 2.45) is 11.8 Å². The van der Waals surface area contributed by atoms with Crippen molar-refractivity contribution in [3.63, 3.8) is 0 Å². The van der Waals surface area contributed by atoms with Gasteiger partial charge in [0.25, 0.3) is 0 Å². The second-order valence-corrected chi connectivity index (χ2v) is 6.19. The molecule has 2 amide bonds. The Kier molecular flexibility index (Phi) is 5.58. The highest BCUT2D eigenvalue weighted by Gasteiger charge is 2.34. The van der Waals surface area contributed by atoms with Crippen LogP contribution in [0.5, 0.6) is 0 Å². The first kappa shape index (κ1) is 16.2. The van der Waals surface area contributed by atoms with Gasteiger partial charge in [0.2, 0.25) is 11.8 Å². The molecule has 6 nitrogen and oxygen atoms in total. The summed E-state index contributed by atoms with van der Waals surface area (Å²) in [4.78, 5) is 25.7. The first-order chi connectivity index (χ1) is 9.99. The fourth-order valence-corrected chi connectivity index (χ4v) is 2.97. The van der Waals surface area contributed by atoms with Crippen LogP contribution in [0.3, 0.4) is 0 Å². The van der Waals surface area contributed by atoms with E-state index < -0.39 is 6.04 Å². The van der Waals surface area contributed by atoms with Gasteiger partial charge in [-0.25, -0.2) is 0 Å². The van der Waals surface area contributed by atoms with Crippen molar-refractivity contribution in [2.75, 3.05) is 26.3 Å². The number of piperidine rings is 1. The zero-order valence-corrected chi connectivity index (χ0v) is 13.1. The summed E-state index contributed by atoms with van der Waals surface area (Å²) in [5.41, 5.74) is 0. The van der Waals surface area contributed by atoms with Gasteiger partial charge in [-0.05, 0) is 18.8 Å². The van der Waals surface area contributed by atoms with Gasteiger partial charge in [-0.3, -0.25) is 9.59 Å². The smallest absolute Gasteiger partial charge is 0.245 e. The van der Waals surface area contributed by atoms with Gasteiger partial charge in [-0.15, -0.1) is 0 Å². The molecule has 0 aromatic carbocycles. The van der Waals surface area contributed by atoms with Crippen molar-refractivity contribution in [3.05, 3.63) is 0 Å². The molecule has 2 aliphatic heterocycles. The number of amides is 2. The van der Waals surface area contributed by atoms with Crippen LogP contribution in [-0.2, 0) is 19.1 Å². The Morgan fingerprint density at radius 2 is 1.71 bits per heavy atom. The van der Waals surface area contributed by atoms with Crippen LogP contribution in [0.2, 0.25) is 0 Å². The van der Waals surface area contributed by atoms with Gasteiger partial charge in [0.1, 0.15) is 6.04 Å². The van der Waals surface area contributed by atoms with E-state index in [-0.39, 0.29) is 24.0 Å². The quantitative estimate of drug-likeness (QED) is 0.832. The van der Waals surface area contributed by atoms with E-state index in [1.165, 1.54) is 6.92 Å². The molecule has 1 atom stereocenters. The third-order valence-corrected chi connectivity index (χ3v) is 4.18. The van der Waals surface area contributed by atoms with Crippen molar-refractivity contribution in [2.45, 2.75) is 45.9 Å². The lowest BCUT2D eigenvalue weighted by molar-refractivity contribution is -0.141. The summed E-state index contributed by atoms with van der Waals surface area (Å²) in [6.45, 7) is 8.09. The number of ether oxygens (including phenoxy) is 2. The fraction of sp³-hybridized carbons (Fsp3) is 0.867. The number of nitrogens with zero attached hydrogens (tertiary/aromatic N) is 1. The van der Waals surface area contributed by atoms with Gasteiger partial charge in [0.15, 0.2) is 6.29 Å². The van der Waals surface area contributed by atoms with Crippen LogP contribution in [0.25, 0.3) is 0 Å². The van der Waals surface area contributed by atoms with Crippen LogP contribution >= 0.6 is 0 Å². The zero-order chi connectivity index (χ0) is 15.4. The number of likely N-dealkylation sites (tertiary alicyclic amines) is 1. The van der Waals surface area contributed by atoms with Gasteiger partial charge < -0.3 is 19.7 Å². The van der Waals surface area contributed by atoms with E-state index in [0.717, 1.165) is 12.8 Å². The average Bonchev–Trinajstić information content (AvgIpc) is 2.98. The third kappa shape index (κ3) is 4.17. The number of carbonyl (C=O) groups excluding carboxylic acids is 2. The van der Waals surface area contributed by atoms with E-state index in [0.29, 0.717) is 32.2 Å². The van der Waals surface area contributed by atoms with Gasteiger partial charge in [0.05, 0.1) is 13.2 Å². The van der Waals surface area contributed by atoms with Crippen LogP contribution in [0.1, 0.15) is 33.6 Å². The van der Waals surface area contributed by atoms with E-state index in [9.17, 15) is 9.59 Å². The van der Waals surface area contributed by atoms with Crippen LogP contribution < -0.4 is 5.32 Å². The van der Waals surface area contributed by atoms with Gasteiger partial charge in [-0.1, -0.05) is 13.8 Å². The number of hydrogen-bond acceptors (Lipinski definition) is 4. The minimum absolute atomic E-state index is 0.0203. The van der Waals surface area contributed by atoms with Crippen LogP contribution in [0.4, 0.5) is 0 Å². The van der Waals surface area contributed by atoms with Crippen LogP contribution in [0, 0.1) is 11.8 Å². The summed E-state index contributed by atoms with van der Waals surface area (Å²) in [6.07, 6.45) is 1.68. The summed E-state index contributed by atoms with van der Waals surface area (Å²) >= 11 is 0. The Balaban J connectivity index is 1.87. The van der Waals surface area contributed by atoms with E-state index in [4.69, 9.17) is 9.47 Å². The Labute approximate surface area is 126 Å². The van der Waals surface area contributed by atoms with Crippen molar-refractivity contribution in [1.82, 2.24) is 10.2 Å². The maximum atomic E-state index is 12.6. The molecule has 0 bridgehead atoms. The fourth-order valence-electron chi connectivity index (χ4n) is 2.97. The highest BCUT2D eigenvalue weighted by Crippen LogP contribution is 2.26. The molecule has 2 saturated heterocycles. The molecule has 6 heteroatoms. The Morgan fingerprint density at radius 1 is 1.14 bits per heavy atom. The van der Waals surface area contributed by atoms with E-state index >= 15 is 0 Å². The standard InChI is InChI=1S/C15H26N2O4/c1-10(2)13(16-11(3)18)14(19)17-6-4-12(5-7-17)15-20-8-9-21-15/h10,12-13,15H,4-9H2,1-3H3,(H,16,18). The topological polar surface area (TPSA) is 67.9 Å². The molecule has 0 aliphatic carbocycles. The number of rotatable bonds is 4. The number of nitrogens with one attached hydrogen (secondary N) is 1. The molecule has 1 unspecified atom stereocenters. The molecule has 0 aromatic heterocycles. The Morgan fingerprint density at radius 3 is 2.19 bits per heavy atom. The predicted molar refractivity (Wildman–Crippen MR) is 77.4 cm³/mol. The molecule has 120 valence electrons. The first-order valence-corrected chi connectivity index (χ1v) is 7.78. The minimum atomic E-state index is -0.432. The molecular formula is C15H26N2O4. The molecule has 21 heavy (non-hydrogen) atoms. The average molecular weight is 298 g/mol. The summed E-state index contributed by atoms with van der Waals surface area (Å²) in [6, 6.07) is -0.432. The Hall–Kier alpha value is -1.14. The normalized spacial score (nSPS) is 22.6. The predicted octanol–water partition coefficient (Wildman–Crippen LogP) is 0.759. The highest BCUT2D eigenvalue weighted by atomic mass is 16.7. The molecule has 2 rings (SSSR count). The summed E-state index contributed by atoms with van der Waals surface area (Å²) < 4.78 is 11.1. The molecule has 1 N–H and O–H groups in total. The van der Waals surface area contributed by atoms with Crippen molar-refractivity contribution < 1.29 is 19.1 Å². The first-order valence-electron chi connectivity index (χ1n) is 7.78. The molecule has 0 saturated carbocycles. The van der Waals surface area contributed by atoms with E-state index in [1.54, 1.807) is 0 Å². The van der Waals surface area contributed by atoms with E-state index in [1.807, 2.05) is 18.7 Å². The molecule has 2 fully saturated rings. The molecule has 2 aliphatic rings. The summed E-state index contributed by atoms with van der Waals surface area (Å²) in [5.74, 6) is 0.312. The highest BCUT2D eigenvalue weighted by molar-refractivity contribution is 5.87. The van der Waals surface area contributed by atoms with Crippen molar-refractivity contribution in [1.29, 1.82) is 0 Å². The van der Waals surface area contributed by atoms with Gasteiger partial charge in [0, 0.05) is 25.9 Å². The minimum Gasteiger partial charge on any atom is -0.350 e. The number of hydrogen-bond donors (Lipinski definition) is 1. The lowest BCUT2D eigenvalue weighted by atomic mass is 9.94. The number of carbonyl (C=O) groups is 2. The van der Waals surface area contributed by atoms with E-state index in [2.05, 4.69) is 5.32 Å². The molecule has 0 radical (unpaired) electrons. The lowest BCUT2D eigenvalue weighted by Crippen LogP contribution is -2.53. The van der Waals surface area contributed by atoms with Crippen molar-refractivity contribution >= 4 is 11.8 Å². The SMILES string of the molecule is CC(=O)NC(C(=O)N1CCC(C2OCCO2)CC1)C(C)C. The Bertz CT molecular complexity index is 372. The second kappa shape index (κ2) is 7.22. The van der Waals surface area contributed by atoms with Crippen LogP contribution in [0.15, 0.2) is 0 Å². The molecular weight excluding hydrogens is 272 g/mol. The van der Waals surface area contributed by atoms with Crippen molar-refractivity contribution in [3.8, 4) is 0 Å². The molecule has 0 spiro atoms. The maximum Gasteiger partial charge on any atom is 0.245 e. The maximum absolute atomic E-state index is 12.6. The molecule has 0 aromatic rings. The summed E-state index contributed by atoms with van der Waals surface area (Å²) in [7, 11) is 0. The lowest BCUT2D eigenvalue weighted by Gasteiger charge is -2.36. The van der Waals surface area contributed by atoms with Crippen LogP contribution in [-0.4, -0.2) is 55.3 Å². The summed E-state index contributed by atoms with van der Waals surface area (Å²) in [5, 5.41) is 2.76. The second-order valence-electron chi connectivity index (χ2n) is 6.19. The monoisotopic (exact) mass is 298 g/mol. The van der Waals surface area contributed by atoms with Gasteiger partial charge in [-0.2, -0.15) is 0 Å². The zero-order valence-electron chi connectivity index (χ0n) is 13.1. The molecule has 2 heterocycles. The third-order valence-electron chi connectivity index (χ3n) is 4.18. The van der Waals surface area contributed by atoms with Gasteiger partial charge >= 0.3 is 0 Å². The largest absolute Gasteiger partial charge is 0.350 e.